The number of aromatic nitrogens is 2. The van der Waals surface area contributed by atoms with E-state index in [0.717, 1.165) is 32.0 Å². The normalized spacial score (nSPS) is 16.4. The van der Waals surface area contributed by atoms with Gasteiger partial charge in [0.25, 0.3) is 0 Å². The number of nitrogens with zero attached hydrogens (tertiary/aromatic N) is 4. The number of ether oxygens (including phenoxy) is 1. The summed E-state index contributed by atoms with van der Waals surface area (Å²) in [6.07, 6.45) is 1.49. The molecule has 0 saturated carbocycles. The molecule has 104 valence electrons. The minimum atomic E-state index is -0.783. The fourth-order valence-electron chi connectivity index (χ4n) is 2.06. The molecule has 2 rings (SSSR count). The van der Waals surface area contributed by atoms with Gasteiger partial charge in [0.15, 0.2) is 0 Å². The van der Waals surface area contributed by atoms with Crippen LogP contribution in [-0.2, 0) is 4.79 Å². The first-order valence-corrected chi connectivity index (χ1v) is 6.33. The van der Waals surface area contributed by atoms with Gasteiger partial charge < -0.3 is 14.7 Å². The standard InChI is InChI=1S/C12H18N4O3/c1-2-19-11-7-10(13-9-14-11)16-5-3-15(4-6-16)8-12(17)18/h7,9H,2-6,8H2,1H3,(H,17,18). The Labute approximate surface area is 111 Å². The Morgan fingerprint density at radius 1 is 1.37 bits per heavy atom. The SMILES string of the molecule is CCOc1cc(N2CCN(CC(=O)O)CC2)ncn1. The molecule has 0 spiro atoms. The van der Waals surface area contributed by atoms with E-state index in [1.807, 2.05) is 17.9 Å². The molecule has 0 aliphatic carbocycles. The second kappa shape index (κ2) is 6.33. The Bertz CT molecular complexity index is 433. The van der Waals surface area contributed by atoms with E-state index in [1.54, 1.807) is 0 Å². The van der Waals surface area contributed by atoms with E-state index >= 15 is 0 Å². The quantitative estimate of drug-likeness (QED) is 0.808. The first-order valence-electron chi connectivity index (χ1n) is 6.33. The monoisotopic (exact) mass is 266 g/mol. The van der Waals surface area contributed by atoms with Crippen molar-refractivity contribution in [2.24, 2.45) is 0 Å². The lowest BCUT2D eigenvalue weighted by Crippen LogP contribution is -2.48. The summed E-state index contributed by atoms with van der Waals surface area (Å²) in [7, 11) is 0. The summed E-state index contributed by atoms with van der Waals surface area (Å²) in [5, 5.41) is 8.75. The van der Waals surface area contributed by atoms with Crippen molar-refractivity contribution in [2.75, 3.05) is 44.2 Å². The van der Waals surface area contributed by atoms with Gasteiger partial charge in [-0.25, -0.2) is 9.97 Å². The van der Waals surface area contributed by atoms with Gasteiger partial charge in [-0.15, -0.1) is 0 Å². The summed E-state index contributed by atoms with van der Waals surface area (Å²) in [5.74, 6) is 0.614. The van der Waals surface area contributed by atoms with Crippen LogP contribution in [0.5, 0.6) is 5.88 Å². The molecule has 0 bridgehead atoms. The molecule has 7 heteroatoms. The maximum absolute atomic E-state index is 10.6. The topological polar surface area (TPSA) is 78.8 Å². The number of carboxylic acid groups (broad SMARTS) is 1. The summed E-state index contributed by atoms with van der Waals surface area (Å²) >= 11 is 0. The summed E-state index contributed by atoms with van der Waals surface area (Å²) in [5.41, 5.74) is 0. The van der Waals surface area contributed by atoms with Crippen molar-refractivity contribution in [3.63, 3.8) is 0 Å². The number of rotatable bonds is 5. The third-order valence-corrected chi connectivity index (χ3v) is 2.97. The highest BCUT2D eigenvalue weighted by atomic mass is 16.5. The fraction of sp³-hybridized carbons (Fsp3) is 0.583. The molecule has 0 aromatic carbocycles. The van der Waals surface area contributed by atoms with Crippen LogP contribution in [0.1, 0.15) is 6.92 Å². The lowest BCUT2D eigenvalue weighted by molar-refractivity contribution is -0.138. The van der Waals surface area contributed by atoms with E-state index in [1.165, 1.54) is 6.33 Å². The molecular formula is C12H18N4O3. The molecule has 19 heavy (non-hydrogen) atoms. The minimum absolute atomic E-state index is 0.0990. The van der Waals surface area contributed by atoms with E-state index in [9.17, 15) is 4.79 Å². The van der Waals surface area contributed by atoms with Crippen molar-refractivity contribution >= 4 is 11.8 Å². The molecular weight excluding hydrogens is 248 g/mol. The lowest BCUT2D eigenvalue weighted by atomic mass is 10.3. The lowest BCUT2D eigenvalue weighted by Gasteiger charge is -2.34. The highest BCUT2D eigenvalue weighted by Crippen LogP contribution is 2.17. The minimum Gasteiger partial charge on any atom is -0.480 e. The summed E-state index contributed by atoms with van der Waals surface area (Å²) in [6, 6.07) is 1.82. The van der Waals surface area contributed by atoms with E-state index in [-0.39, 0.29) is 6.54 Å². The molecule has 1 fully saturated rings. The van der Waals surface area contributed by atoms with E-state index < -0.39 is 5.97 Å². The third-order valence-electron chi connectivity index (χ3n) is 2.97. The van der Waals surface area contributed by atoms with Crippen molar-refractivity contribution in [3.8, 4) is 5.88 Å². The zero-order valence-electron chi connectivity index (χ0n) is 10.9. The predicted octanol–water partition coefficient (Wildman–Crippen LogP) is 0.0819. The van der Waals surface area contributed by atoms with Crippen LogP contribution in [0.2, 0.25) is 0 Å². The van der Waals surface area contributed by atoms with E-state index in [2.05, 4.69) is 14.9 Å². The van der Waals surface area contributed by atoms with Crippen LogP contribution in [0.4, 0.5) is 5.82 Å². The first kappa shape index (κ1) is 13.5. The number of carbonyl (C=O) groups is 1. The van der Waals surface area contributed by atoms with Crippen molar-refractivity contribution in [2.45, 2.75) is 6.92 Å². The van der Waals surface area contributed by atoms with Crippen molar-refractivity contribution in [1.29, 1.82) is 0 Å². The van der Waals surface area contributed by atoms with Gasteiger partial charge in [0.1, 0.15) is 12.1 Å². The van der Waals surface area contributed by atoms with Gasteiger partial charge in [0, 0.05) is 32.2 Å². The van der Waals surface area contributed by atoms with Gasteiger partial charge in [0.05, 0.1) is 13.2 Å². The average Bonchev–Trinajstić information content (AvgIpc) is 2.40. The number of anilines is 1. The second-order valence-corrected chi connectivity index (χ2v) is 4.30. The third kappa shape index (κ3) is 3.78. The van der Waals surface area contributed by atoms with Crippen molar-refractivity contribution in [1.82, 2.24) is 14.9 Å². The Hall–Kier alpha value is -1.89. The molecule has 1 aromatic heterocycles. The van der Waals surface area contributed by atoms with Gasteiger partial charge in [-0.1, -0.05) is 0 Å². The van der Waals surface area contributed by atoms with Crippen LogP contribution < -0.4 is 9.64 Å². The van der Waals surface area contributed by atoms with E-state index in [0.29, 0.717) is 12.5 Å². The number of piperazine rings is 1. The van der Waals surface area contributed by atoms with Crippen LogP contribution in [0.3, 0.4) is 0 Å². The molecule has 1 N–H and O–H groups in total. The van der Waals surface area contributed by atoms with Crippen molar-refractivity contribution in [3.05, 3.63) is 12.4 Å². The summed E-state index contributed by atoms with van der Waals surface area (Å²) in [6.45, 7) is 5.55. The van der Waals surface area contributed by atoms with Gasteiger partial charge in [-0.05, 0) is 6.92 Å². The fourth-order valence-corrected chi connectivity index (χ4v) is 2.06. The summed E-state index contributed by atoms with van der Waals surface area (Å²) in [4.78, 5) is 22.9. The van der Waals surface area contributed by atoms with E-state index in [4.69, 9.17) is 9.84 Å². The molecule has 0 unspecified atom stereocenters. The van der Waals surface area contributed by atoms with Gasteiger partial charge >= 0.3 is 5.97 Å². The van der Waals surface area contributed by atoms with Gasteiger partial charge in [-0.3, -0.25) is 9.69 Å². The average molecular weight is 266 g/mol. The molecule has 1 aliphatic rings. The molecule has 0 atom stereocenters. The van der Waals surface area contributed by atoms with Gasteiger partial charge in [0.2, 0.25) is 5.88 Å². The second-order valence-electron chi connectivity index (χ2n) is 4.30. The molecule has 1 aliphatic heterocycles. The maximum Gasteiger partial charge on any atom is 0.317 e. The molecule has 0 radical (unpaired) electrons. The molecule has 7 nitrogen and oxygen atoms in total. The van der Waals surface area contributed by atoms with Crippen LogP contribution in [-0.4, -0.2) is 65.3 Å². The Kier molecular flexibility index (Phi) is 4.51. The molecule has 1 aromatic rings. The molecule has 0 amide bonds. The number of hydrogen-bond donors (Lipinski definition) is 1. The van der Waals surface area contributed by atoms with Crippen LogP contribution in [0.15, 0.2) is 12.4 Å². The Morgan fingerprint density at radius 2 is 2.11 bits per heavy atom. The number of hydrogen-bond acceptors (Lipinski definition) is 6. The number of carboxylic acids is 1. The zero-order valence-corrected chi connectivity index (χ0v) is 10.9. The predicted molar refractivity (Wildman–Crippen MR) is 69.5 cm³/mol. The largest absolute Gasteiger partial charge is 0.480 e. The van der Waals surface area contributed by atoms with Crippen LogP contribution in [0.25, 0.3) is 0 Å². The Morgan fingerprint density at radius 3 is 2.74 bits per heavy atom. The van der Waals surface area contributed by atoms with Crippen LogP contribution >= 0.6 is 0 Å². The maximum atomic E-state index is 10.6. The first-order chi connectivity index (χ1) is 9.19. The molecule has 1 saturated heterocycles. The Balaban J connectivity index is 1.93. The molecule has 2 heterocycles. The smallest absolute Gasteiger partial charge is 0.317 e. The highest BCUT2D eigenvalue weighted by Gasteiger charge is 2.19. The van der Waals surface area contributed by atoms with Crippen molar-refractivity contribution < 1.29 is 14.6 Å². The van der Waals surface area contributed by atoms with Gasteiger partial charge in [-0.2, -0.15) is 0 Å². The summed E-state index contributed by atoms with van der Waals surface area (Å²) < 4.78 is 5.35. The highest BCUT2D eigenvalue weighted by molar-refractivity contribution is 5.69. The van der Waals surface area contributed by atoms with Crippen LogP contribution in [0, 0.1) is 0 Å². The zero-order chi connectivity index (χ0) is 13.7. The number of aliphatic carboxylic acids is 1.